The van der Waals surface area contributed by atoms with Gasteiger partial charge in [-0.2, -0.15) is 23.3 Å². The van der Waals surface area contributed by atoms with Crippen LogP contribution in [0.25, 0.3) is 17.0 Å². The molecule has 0 bridgehead atoms. The van der Waals surface area contributed by atoms with Gasteiger partial charge in [0.1, 0.15) is 0 Å². The SMILES string of the molecule is Cc1nn(Cc2ccc(Cl)cc2C(F)(F)F)c2ccc(C=C3SC(N4CCN[C@@H](CO)C4)=NC3=O)cc12. The van der Waals surface area contributed by atoms with Gasteiger partial charge in [-0.3, -0.25) is 9.48 Å². The van der Waals surface area contributed by atoms with Crippen LogP contribution in [-0.2, 0) is 17.5 Å². The summed E-state index contributed by atoms with van der Waals surface area (Å²) in [5, 5.41) is 18.5. The van der Waals surface area contributed by atoms with Crippen LogP contribution in [0.1, 0.15) is 22.4 Å². The topological polar surface area (TPSA) is 82.8 Å². The second-order valence-corrected chi connectivity index (χ2v) is 10.4. The minimum absolute atomic E-state index is 0.00761. The lowest BCUT2D eigenvalue weighted by atomic mass is 10.1. The normalized spacial score (nSPS) is 19.8. The molecule has 7 nitrogen and oxygen atoms in total. The lowest BCUT2D eigenvalue weighted by molar-refractivity contribution is -0.138. The molecule has 1 atom stereocenters. The predicted octanol–water partition coefficient (Wildman–Crippen LogP) is 4.30. The summed E-state index contributed by atoms with van der Waals surface area (Å²) >= 11 is 7.11. The average molecular weight is 550 g/mol. The van der Waals surface area contributed by atoms with Gasteiger partial charge in [-0.15, -0.1) is 0 Å². The summed E-state index contributed by atoms with van der Waals surface area (Å²) in [7, 11) is 0. The number of aliphatic hydroxyl groups is 1. The molecule has 1 fully saturated rings. The van der Waals surface area contributed by atoms with Crippen LogP contribution >= 0.6 is 23.4 Å². The van der Waals surface area contributed by atoms with Crippen molar-refractivity contribution in [1.82, 2.24) is 20.0 Å². The maximum atomic E-state index is 13.6. The highest BCUT2D eigenvalue weighted by Crippen LogP contribution is 2.35. The average Bonchev–Trinajstić information content (AvgIpc) is 3.38. The molecule has 3 aromatic rings. The highest BCUT2D eigenvalue weighted by molar-refractivity contribution is 8.18. The lowest BCUT2D eigenvalue weighted by Gasteiger charge is -2.33. The molecule has 1 aromatic heterocycles. The number of fused-ring (bicyclic) bond motifs is 1. The van der Waals surface area contributed by atoms with Crippen molar-refractivity contribution < 1.29 is 23.1 Å². The third-order valence-corrected chi connectivity index (χ3v) is 7.59. The van der Waals surface area contributed by atoms with Crippen molar-refractivity contribution in [1.29, 1.82) is 0 Å². The van der Waals surface area contributed by atoms with Crippen LogP contribution in [-0.4, -0.2) is 63.1 Å². The van der Waals surface area contributed by atoms with E-state index < -0.39 is 11.7 Å². The van der Waals surface area contributed by atoms with Gasteiger partial charge in [-0.25, -0.2) is 0 Å². The number of aryl methyl sites for hydroxylation is 1. The molecule has 2 aliphatic rings. The molecule has 0 aliphatic carbocycles. The van der Waals surface area contributed by atoms with E-state index in [-0.39, 0.29) is 35.7 Å². The number of benzene rings is 2. The van der Waals surface area contributed by atoms with Gasteiger partial charge in [0.15, 0.2) is 5.17 Å². The molecule has 3 heterocycles. The first-order valence-corrected chi connectivity index (χ1v) is 12.8. The Morgan fingerprint density at radius 3 is 2.84 bits per heavy atom. The monoisotopic (exact) mass is 549 g/mol. The van der Waals surface area contributed by atoms with Gasteiger partial charge in [0, 0.05) is 36.1 Å². The zero-order valence-corrected chi connectivity index (χ0v) is 21.3. The number of thioether (sulfide) groups is 1. The number of aliphatic hydroxyl groups excluding tert-OH is 1. The summed E-state index contributed by atoms with van der Waals surface area (Å²) in [6, 6.07) is 9.13. The summed E-state index contributed by atoms with van der Waals surface area (Å²) in [4.78, 5) is 19.2. The summed E-state index contributed by atoms with van der Waals surface area (Å²) in [6.45, 7) is 3.68. The molecule has 2 aromatic carbocycles. The van der Waals surface area contributed by atoms with Crippen LogP contribution in [0.5, 0.6) is 0 Å². The third-order valence-electron chi connectivity index (χ3n) is 6.31. The Balaban J connectivity index is 1.39. The van der Waals surface area contributed by atoms with Gasteiger partial charge in [0.05, 0.1) is 34.8 Å². The fourth-order valence-corrected chi connectivity index (χ4v) is 5.61. The van der Waals surface area contributed by atoms with Crippen molar-refractivity contribution in [3.05, 3.63) is 68.7 Å². The number of hydrogen-bond donors (Lipinski definition) is 2. The number of halogens is 4. The Hall–Kier alpha value is -2.86. The molecule has 1 saturated heterocycles. The van der Waals surface area contributed by atoms with Gasteiger partial charge < -0.3 is 15.3 Å². The minimum atomic E-state index is -4.53. The van der Waals surface area contributed by atoms with Crippen molar-refractivity contribution in [2.75, 3.05) is 26.2 Å². The van der Waals surface area contributed by atoms with E-state index in [1.807, 2.05) is 11.0 Å². The molecule has 2 N–H and O–H groups in total. The Morgan fingerprint density at radius 2 is 2.08 bits per heavy atom. The second-order valence-electron chi connectivity index (χ2n) is 8.91. The van der Waals surface area contributed by atoms with E-state index in [4.69, 9.17) is 11.6 Å². The number of amides is 1. The highest BCUT2D eigenvalue weighted by Gasteiger charge is 2.34. The van der Waals surface area contributed by atoms with Crippen LogP contribution in [0.3, 0.4) is 0 Å². The van der Waals surface area contributed by atoms with Gasteiger partial charge in [0.2, 0.25) is 0 Å². The number of rotatable bonds is 4. The fourth-order valence-electron chi connectivity index (χ4n) is 4.49. The number of amidine groups is 1. The quantitative estimate of drug-likeness (QED) is 0.472. The number of hydrogen-bond acceptors (Lipinski definition) is 6. The van der Waals surface area contributed by atoms with E-state index in [1.165, 1.54) is 23.9 Å². The highest BCUT2D eigenvalue weighted by atomic mass is 35.5. The summed E-state index contributed by atoms with van der Waals surface area (Å²) in [5.41, 5.74) is 1.39. The molecule has 0 saturated carbocycles. The van der Waals surface area contributed by atoms with E-state index in [2.05, 4.69) is 15.4 Å². The summed E-state index contributed by atoms with van der Waals surface area (Å²) < 4.78 is 42.2. The van der Waals surface area contributed by atoms with Crippen LogP contribution in [0.2, 0.25) is 5.02 Å². The zero-order chi connectivity index (χ0) is 26.3. The molecule has 0 unspecified atom stereocenters. The van der Waals surface area contributed by atoms with Crippen molar-refractivity contribution in [3.8, 4) is 0 Å². The van der Waals surface area contributed by atoms with E-state index >= 15 is 0 Å². The number of carbonyl (C=O) groups is 1. The van der Waals surface area contributed by atoms with E-state index in [0.717, 1.165) is 17.0 Å². The standard InChI is InChI=1S/C25H23ClF3N5O2S/c1-14-19-8-15(9-22-23(36)31-24(37-22)33-7-6-30-18(12-33)13-35)2-5-21(19)34(32-14)11-16-3-4-17(26)10-20(16)25(27,28)29/h2-5,8-10,18,30,35H,6-7,11-13H2,1H3/t18-/m1/s1. The Morgan fingerprint density at radius 1 is 1.27 bits per heavy atom. The first-order chi connectivity index (χ1) is 17.6. The van der Waals surface area contributed by atoms with Crippen molar-refractivity contribution >= 4 is 51.4 Å². The predicted molar refractivity (Wildman–Crippen MR) is 138 cm³/mol. The van der Waals surface area contributed by atoms with Crippen LogP contribution in [0, 0.1) is 6.92 Å². The van der Waals surface area contributed by atoms with Crippen LogP contribution in [0.4, 0.5) is 13.2 Å². The third kappa shape index (κ3) is 5.40. The maximum absolute atomic E-state index is 13.6. The number of alkyl halides is 3. The number of carbonyl (C=O) groups excluding carboxylic acids is 1. The molecule has 37 heavy (non-hydrogen) atoms. The molecule has 194 valence electrons. The molecule has 0 radical (unpaired) electrons. The molecule has 5 rings (SSSR count). The van der Waals surface area contributed by atoms with E-state index in [0.29, 0.717) is 40.9 Å². The van der Waals surface area contributed by atoms with Gasteiger partial charge >= 0.3 is 6.18 Å². The fraction of sp³-hybridized carbons (Fsp3) is 0.320. The molecular weight excluding hydrogens is 527 g/mol. The Bertz CT molecular complexity index is 1440. The van der Waals surface area contributed by atoms with E-state index in [1.54, 1.807) is 29.8 Å². The first kappa shape index (κ1) is 25.8. The number of aliphatic imine (C=N–C) groups is 1. The smallest absolute Gasteiger partial charge is 0.395 e. The Labute approximate surface area is 220 Å². The zero-order valence-electron chi connectivity index (χ0n) is 19.7. The van der Waals surface area contributed by atoms with Crippen molar-refractivity contribution in [2.45, 2.75) is 25.7 Å². The van der Waals surface area contributed by atoms with Gasteiger partial charge in [0.25, 0.3) is 5.91 Å². The molecule has 0 spiro atoms. The number of piperazine rings is 1. The van der Waals surface area contributed by atoms with Crippen molar-refractivity contribution in [2.24, 2.45) is 4.99 Å². The minimum Gasteiger partial charge on any atom is -0.395 e. The van der Waals surface area contributed by atoms with Crippen LogP contribution < -0.4 is 5.32 Å². The Kier molecular flexibility index (Phi) is 7.06. The first-order valence-electron chi connectivity index (χ1n) is 11.6. The molecule has 1 amide bonds. The molecule has 2 aliphatic heterocycles. The second kappa shape index (κ2) is 10.1. The number of nitrogens with one attached hydrogen (secondary N) is 1. The van der Waals surface area contributed by atoms with E-state index in [9.17, 15) is 23.1 Å². The van der Waals surface area contributed by atoms with Gasteiger partial charge in [-0.1, -0.05) is 23.7 Å². The molecule has 12 heteroatoms. The maximum Gasteiger partial charge on any atom is 0.416 e. The van der Waals surface area contributed by atoms with Crippen LogP contribution in [0.15, 0.2) is 46.3 Å². The summed E-state index contributed by atoms with van der Waals surface area (Å²) in [6.07, 6.45) is -2.78. The number of aromatic nitrogens is 2. The summed E-state index contributed by atoms with van der Waals surface area (Å²) in [5.74, 6) is -0.325. The largest absolute Gasteiger partial charge is 0.416 e. The molecular formula is C25H23ClF3N5O2S. The van der Waals surface area contributed by atoms with Gasteiger partial charge in [-0.05, 0) is 60.2 Å². The lowest BCUT2D eigenvalue weighted by Crippen LogP contribution is -2.53. The van der Waals surface area contributed by atoms with Crippen molar-refractivity contribution in [3.63, 3.8) is 0 Å². The number of nitrogens with zero attached hydrogens (tertiary/aromatic N) is 4.